The molecule has 0 saturated carbocycles. The van der Waals surface area contributed by atoms with Gasteiger partial charge in [0.1, 0.15) is 31.2 Å². The Labute approximate surface area is 184 Å². The van der Waals surface area contributed by atoms with E-state index in [1.54, 1.807) is 0 Å². The number of aliphatic hydroxyl groups excluding tert-OH is 2. The fraction of sp³-hybridized carbons (Fsp3) is 0.500. The number of benzene rings is 1. The summed E-state index contributed by atoms with van der Waals surface area (Å²) >= 11 is 0. The summed E-state index contributed by atoms with van der Waals surface area (Å²) < 4.78 is 12.0. The Kier molecular flexibility index (Phi) is 6.65. The number of ether oxygens (including phenoxy) is 2. The van der Waals surface area contributed by atoms with Crippen LogP contribution in [0.1, 0.15) is 16.8 Å². The summed E-state index contributed by atoms with van der Waals surface area (Å²) in [7, 11) is 0. The molecule has 0 spiro atoms. The number of esters is 1. The number of hydrogen-bond donors (Lipinski definition) is 3. The average Bonchev–Trinajstić information content (AvgIpc) is 3.39. The van der Waals surface area contributed by atoms with E-state index in [1.165, 1.54) is 6.33 Å². The molecule has 172 valence electrons. The summed E-state index contributed by atoms with van der Waals surface area (Å²) in [4.78, 5) is 31.4. The Morgan fingerprint density at radius 1 is 1.12 bits per heavy atom. The zero-order chi connectivity index (χ0) is 22.7. The van der Waals surface area contributed by atoms with E-state index in [2.05, 4.69) is 27.1 Å². The minimum Gasteiger partial charge on any atom is -0.462 e. The van der Waals surface area contributed by atoms with Gasteiger partial charge in [-0.25, -0.2) is 9.67 Å². The van der Waals surface area contributed by atoms with Crippen LogP contribution in [0.5, 0.6) is 0 Å². The van der Waals surface area contributed by atoms with Crippen molar-refractivity contribution in [1.29, 1.82) is 0 Å². The zero-order valence-electron chi connectivity index (χ0n) is 17.4. The summed E-state index contributed by atoms with van der Waals surface area (Å²) in [5, 5.41) is 24.3. The second-order valence-electron chi connectivity index (χ2n) is 7.74. The highest BCUT2D eigenvalue weighted by molar-refractivity contribution is 5.88. The Hall–Kier alpha value is -3.06. The van der Waals surface area contributed by atoms with Crippen LogP contribution in [0.15, 0.2) is 36.7 Å². The van der Waals surface area contributed by atoms with Gasteiger partial charge in [0.15, 0.2) is 6.23 Å². The molecule has 1 amide bonds. The topological polar surface area (TPSA) is 156 Å². The highest BCUT2D eigenvalue weighted by Gasteiger charge is 2.45. The maximum atomic E-state index is 12.3. The lowest BCUT2D eigenvalue weighted by Crippen LogP contribution is -2.48. The van der Waals surface area contributed by atoms with Crippen LogP contribution in [0.25, 0.3) is 0 Å². The highest BCUT2D eigenvalue weighted by Crippen LogP contribution is 2.29. The Balaban J connectivity index is 1.23. The molecule has 4 atom stereocenters. The number of carbonyl (C=O) groups is 2. The lowest BCUT2D eigenvalue weighted by molar-refractivity contribution is -0.151. The van der Waals surface area contributed by atoms with Gasteiger partial charge in [-0.2, -0.15) is 0 Å². The van der Waals surface area contributed by atoms with Gasteiger partial charge < -0.3 is 30.3 Å². The van der Waals surface area contributed by atoms with E-state index in [0.29, 0.717) is 0 Å². The van der Waals surface area contributed by atoms with Crippen LogP contribution < -0.4 is 10.6 Å². The van der Waals surface area contributed by atoms with Crippen LogP contribution in [0.3, 0.4) is 0 Å². The third-order valence-corrected chi connectivity index (χ3v) is 5.58. The molecule has 0 bridgehead atoms. The second-order valence-corrected chi connectivity index (χ2v) is 7.74. The summed E-state index contributed by atoms with van der Waals surface area (Å²) in [5.41, 5.74) is 6.27. The van der Waals surface area contributed by atoms with E-state index in [9.17, 15) is 19.8 Å². The summed E-state index contributed by atoms with van der Waals surface area (Å²) in [6.07, 6.45) is -3.50. The Morgan fingerprint density at radius 2 is 1.84 bits per heavy atom. The van der Waals surface area contributed by atoms with Gasteiger partial charge in [-0.1, -0.05) is 18.2 Å². The molecule has 4 rings (SSSR count). The molecule has 2 aliphatic rings. The van der Waals surface area contributed by atoms with Crippen molar-refractivity contribution in [2.45, 2.75) is 24.5 Å². The van der Waals surface area contributed by atoms with Crippen LogP contribution in [-0.4, -0.2) is 99.4 Å². The molecule has 4 N–H and O–H groups in total. The number of anilines is 1. The number of hydrogen-bond acceptors (Lipinski definition) is 10. The third kappa shape index (κ3) is 4.88. The number of nitrogens with two attached hydrogens (primary N) is 1. The van der Waals surface area contributed by atoms with E-state index < -0.39 is 36.4 Å². The second kappa shape index (κ2) is 9.61. The van der Waals surface area contributed by atoms with E-state index in [-0.39, 0.29) is 19.0 Å². The van der Waals surface area contributed by atoms with Crippen molar-refractivity contribution in [3.05, 3.63) is 42.5 Å². The number of aromatic nitrogens is 3. The maximum absolute atomic E-state index is 12.3. The molecule has 2 aliphatic heterocycles. The molecular formula is C20H26N6O6. The molecule has 0 aliphatic carbocycles. The maximum Gasteiger partial charge on any atom is 0.320 e. The van der Waals surface area contributed by atoms with Crippen LogP contribution in [0.4, 0.5) is 5.69 Å². The van der Waals surface area contributed by atoms with Gasteiger partial charge in [-0.15, -0.1) is 5.10 Å². The summed E-state index contributed by atoms with van der Waals surface area (Å²) in [5.74, 6) is -1.51. The first-order chi connectivity index (χ1) is 15.4. The van der Waals surface area contributed by atoms with Crippen LogP contribution >= 0.6 is 0 Å². The molecule has 12 nitrogen and oxygen atoms in total. The van der Waals surface area contributed by atoms with Crippen molar-refractivity contribution >= 4 is 17.6 Å². The van der Waals surface area contributed by atoms with Crippen molar-refractivity contribution in [3.8, 4) is 0 Å². The third-order valence-electron chi connectivity index (χ3n) is 5.58. The molecular weight excluding hydrogens is 420 g/mol. The fourth-order valence-corrected chi connectivity index (χ4v) is 3.80. The molecule has 0 radical (unpaired) electrons. The van der Waals surface area contributed by atoms with Crippen molar-refractivity contribution < 1.29 is 29.3 Å². The van der Waals surface area contributed by atoms with E-state index >= 15 is 0 Å². The van der Waals surface area contributed by atoms with Gasteiger partial charge in [-0.3, -0.25) is 14.5 Å². The number of amides is 1. The number of nitrogens with zero attached hydrogens (tertiary/aromatic N) is 5. The quantitative estimate of drug-likeness (QED) is 0.422. The number of piperazine rings is 1. The molecule has 1 aromatic carbocycles. The van der Waals surface area contributed by atoms with E-state index in [4.69, 9.17) is 15.2 Å². The number of primary amides is 1. The number of carbonyl (C=O) groups excluding carboxylic acids is 2. The normalized spacial score (nSPS) is 26.2. The SMILES string of the molecule is NC(=O)c1ncn([C@@H]2O[C@H](COC(=O)CN3CCN(c4ccccc4)CC3)C(O)[C@H]2O)n1. The zero-order valence-corrected chi connectivity index (χ0v) is 17.4. The first-order valence-corrected chi connectivity index (χ1v) is 10.3. The van der Waals surface area contributed by atoms with Gasteiger partial charge in [0.05, 0.1) is 6.54 Å². The van der Waals surface area contributed by atoms with Crippen LogP contribution in [0, 0.1) is 0 Å². The minimum atomic E-state index is -1.34. The van der Waals surface area contributed by atoms with Gasteiger partial charge in [0.2, 0.25) is 5.82 Å². The van der Waals surface area contributed by atoms with Gasteiger partial charge in [0.25, 0.3) is 5.91 Å². The molecule has 3 heterocycles. The molecule has 12 heteroatoms. The molecule has 2 saturated heterocycles. The van der Waals surface area contributed by atoms with Crippen molar-refractivity contribution in [3.63, 3.8) is 0 Å². The van der Waals surface area contributed by atoms with Crippen molar-refractivity contribution in [2.75, 3.05) is 44.2 Å². The minimum absolute atomic E-state index is 0.127. The van der Waals surface area contributed by atoms with E-state index in [0.717, 1.165) is 36.5 Å². The highest BCUT2D eigenvalue weighted by atomic mass is 16.6. The molecule has 2 aromatic rings. The fourth-order valence-electron chi connectivity index (χ4n) is 3.80. The number of aliphatic hydroxyl groups is 2. The first-order valence-electron chi connectivity index (χ1n) is 10.3. The number of rotatable bonds is 7. The van der Waals surface area contributed by atoms with Gasteiger partial charge in [-0.05, 0) is 12.1 Å². The van der Waals surface area contributed by atoms with Gasteiger partial charge in [0, 0.05) is 31.9 Å². The van der Waals surface area contributed by atoms with Crippen molar-refractivity contribution in [2.24, 2.45) is 5.73 Å². The average molecular weight is 446 g/mol. The Bertz CT molecular complexity index is 932. The monoisotopic (exact) mass is 446 g/mol. The first kappa shape index (κ1) is 22.1. The predicted octanol–water partition coefficient (Wildman–Crippen LogP) is -1.64. The van der Waals surface area contributed by atoms with Crippen LogP contribution in [0.2, 0.25) is 0 Å². The van der Waals surface area contributed by atoms with Crippen molar-refractivity contribution in [1.82, 2.24) is 19.7 Å². The molecule has 32 heavy (non-hydrogen) atoms. The van der Waals surface area contributed by atoms with Crippen LogP contribution in [-0.2, 0) is 14.3 Å². The Morgan fingerprint density at radius 3 is 2.50 bits per heavy atom. The summed E-state index contributed by atoms with van der Waals surface area (Å²) in [6.45, 7) is 2.96. The largest absolute Gasteiger partial charge is 0.462 e. The standard InChI is InChI=1S/C20H26N6O6/c21-18(30)19-22-12-26(23-19)20-17(29)16(28)14(32-20)11-31-15(27)10-24-6-8-25(9-7-24)13-4-2-1-3-5-13/h1-5,12,14,16-17,20,28-29H,6-11H2,(H2,21,30)/t14-,16?,17-,20-/m1/s1. The molecule has 1 aromatic heterocycles. The summed E-state index contributed by atoms with van der Waals surface area (Å²) in [6, 6.07) is 10.1. The van der Waals surface area contributed by atoms with E-state index in [1.807, 2.05) is 23.1 Å². The lowest BCUT2D eigenvalue weighted by Gasteiger charge is -2.35. The smallest absolute Gasteiger partial charge is 0.320 e. The van der Waals surface area contributed by atoms with Gasteiger partial charge >= 0.3 is 5.97 Å². The lowest BCUT2D eigenvalue weighted by atomic mass is 10.1. The molecule has 1 unspecified atom stereocenters. The molecule has 2 fully saturated rings. The predicted molar refractivity (Wildman–Crippen MR) is 111 cm³/mol. The number of para-hydroxylation sites is 1.